The number of aromatic amines is 1. The van der Waals surface area contributed by atoms with Crippen molar-refractivity contribution >= 4 is 17.7 Å². The third kappa shape index (κ3) is 4.89. The number of hydrogen-bond acceptors (Lipinski definition) is 4. The molecule has 1 amide bonds. The van der Waals surface area contributed by atoms with E-state index in [1.807, 2.05) is 31.2 Å². The van der Waals surface area contributed by atoms with Gasteiger partial charge in [-0.2, -0.15) is 0 Å². The van der Waals surface area contributed by atoms with Gasteiger partial charge in [0.1, 0.15) is 11.6 Å². The first-order valence-corrected chi connectivity index (χ1v) is 9.32. The van der Waals surface area contributed by atoms with Gasteiger partial charge in [-0.3, -0.25) is 4.79 Å². The number of aromatic nitrogens is 2. The molecule has 0 spiro atoms. The maximum Gasteiger partial charge on any atom is 0.233 e. The summed E-state index contributed by atoms with van der Waals surface area (Å²) in [5.41, 5.74) is 2.53. The SMILES string of the molecule is COc1ccccc1CNC(=O)C(C)Sc1ncc(-c2ccc(F)cc2)[nH]1. The van der Waals surface area contributed by atoms with Crippen LogP contribution < -0.4 is 10.1 Å². The number of para-hydroxylation sites is 1. The molecule has 1 unspecified atom stereocenters. The molecule has 0 bridgehead atoms. The van der Waals surface area contributed by atoms with Crippen LogP contribution in [0.5, 0.6) is 5.75 Å². The van der Waals surface area contributed by atoms with Crippen molar-refractivity contribution in [1.82, 2.24) is 15.3 Å². The number of nitrogens with zero attached hydrogens (tertiary/aromatic N) is 1. The van der Waals surface area contributed by atoms with Crippen LogP contribution in [-0.4, -0.2) is 28.2 Å². The van der Waals surface area contributed by atoms with Crippen molar-refractivity contribution in [2.75, 3.05) is 7.11 Å². The predicted octanol–water partition coefficient (Wildman–Crippen LogP) is 4.02. The van der Waals surface area contributed by atoms with E-state index in [9.17, 15) is 9.18 Å². The van der Waals surface area contributed by atoms with Crippen molar-refractivity contribution in [3.05, 3.63) is 66.1 Å². The summed E-state index contributed by atoms with van der Waals surface area (Å²) in [5.74, 6) is 0.368. The molecule has 0 fully saturated rings. The minimum atomic E-state index is -0.327. The number of ether oxygens (including phenoxy) is 1. The number of H-pyrrole nitrogens is 1. The molecule has 2 N–H and O–H groups in total. The van der Waals surface area contributed by atoms with Crippen LogP contribution in [0.4, 0.5) is 4.39 Å². The van der Waals surface area contributed by atoms with Gasteiger partial charge >= 0.3 is 0 Å². The summed E-state index contributed by atoms with van der Waals surface area (Å²) in [5, 5.41) is 3.22. The fraction of sp³-hybridized carbons (Fsp3) is 0.200. The fourth-order valence-electron chi connectivity index (χ4n) is 2.54. The van der Waals surface area contributed by atoms with Crippen molar-refractivity contribution in [3.8, 4) is 17.0 Å². The van der Waals surface area contributed by atoms with E-state index in [1.165, 1.54) is 23.9 Å². The molecule has 3 aromatic rings. The van der Waals surface area contributed by atoms with Crippen molar-refractivity contribution in [2.24, 2.45) is 0 Å². The summed E-state index contributed by atoms with van der Waals surface area (Å²) < 4.78 is 18.3. The number of nitrogens with one attached hydrogen (secondary N) is 2. The number of imidazole rings is 1. The zero-order chi connectivity index (χ0) is 19.2. The van der Waals surface area contributed by atoms with Crippen LogP contribution in [0.2, 0.25) is 0 Å². The number of methoxy groups -OCH3 is 1. The highest BCUT2D eigenvalue weighted by atomic mass is 32.2. The Hall–Kier alpha value is -2.80. The van der Waals surface area contributed by atoms with Crippen LogP contribution in [0.15, 0.2) is 59.9 Å². The average molecular weight is 385 g/mol. The highest BCUT2D eigenvalue weighted by Crippen LogP contribution is 2.25. The van der Waals surface area contributed by atoms with Gasteiger partial charge in [-0.25, -0.2) is 9.37 Å². The summed E-state index contributed by atoms with van der Waals surface area (Å²) >= 11 is 1.33. The lowest BCUT2D eigenvalue weighted by Gasteiger charge is -2.12. The number of benzene rings is 2. The molecule has 0 radical (unpaired) electrons. The third-order valence-corrected chi connectivity index (χ3v) is 5.01. The number of thioether (sulfide) groups is 1. The van der Waals surface area contributed by atoms with Gasteiger partial charge in [0, 0.05) is 12.1 Å². The number of carbonyl (C=O) groups excluding carboxylic acids is 1. The van der Waals surface area contributed by atoms with Gasteiger partial charge in [-0.05, 0) is 42.8 Å². The van der Waals surface area contributed by atoms with E-state index >= 15 is 0 Å². The largest absolute Gasteiger partial charge is 0.496 e. The highest BCUT2D eigenvalue weighted by molar-refractivity contribution is 8.00. The molecule has 1 heterocycles. The summed E-state index contributed by atoms with van der Waals surface area (Å²) in [6, 6.07) is 13.7. The minimum Gasteiger partial charge on any atom is -0.496 e. The molecule has 0 aliphatic heterocycles. The van der Waals surface area contributed by atoms with E-state index < -0.39 is 0 Å². The maximum absolute atomic E-state index is 13.0. The molecular formula is C20H20FN3O2S. The van der Waals surface area contributed by atoms with Gasteiger partial charge in [0.2, 0.25) is 5.91 Å². The molecule has 5 nitrogen and oxygen atoms in total. The normalized spacial score (nSPS) is 11.8. The van der Waals surface area contributed by atoms with Gasteiger partial charge in [-0.1, -0.05) is 30.0 Å². The molecule has 7 heteroatoms. The molecule has 27 heavy (non-hydrogen) atoms. The Morgan fingerprint density at radius 3 is 2.74 bits per heavy atom. The average Bonchev–Trinajstić information content (AvgIpc) is 3.15. The fourth-order valence-corrected chi connectivity index (χ4v) is 3.34. The standard InChI is InChI=1S/C20H20FN3O2S/c1-13(19(25)22-11-15-5-3-4-6-18(15)26-2)27-20-23-12-17(24-20)14-7-9-16(21)10-8-14/h3-10,12-13H,11H2,1-2H3,(H,22,25)(H,23,24). The summed E-state index contributed by atoms with van der Waals surface area (Å²) in [7, 11) is 1.61. The van der Waals surface area contributed by atoms with E-state index in [2.05, 4.69) is 15.3 Å². The molecule has 2 aromatic carbocycles. The quantitative estimate of drug-likeness (QED) is 0.603. The Balaban J connectivity index is 1.57. The van der Waals surface area contributed by atoms with Crippen LogP contribution in [0.3, 0.4) is 0 Å². The Bertz CT molecular complexity index is 912. The van der Waals surface area contributed by atoms with Gasteiger partial charge in [-0.15, -0.1) is 0 Å². The van der Waals surface area contributed by atoms with Gasteiger partial charge < -0.3 is 15.0 Å². The molecule has 1 aromatic heterocycles. The second kappa shape index (κ2) is 8.73. The lowest BCUT2D eigenvalue weighted by molar-refractivity contribution is -0.120. The summed E-state index contributed by atoms with van der Waals surface area (Å²) in [6.45, 7) is 2.22. The van der Waals surface area contributed by atoms with E-state index in [0.717, 1.165) is 22.6 Å². The van der Waals surface area contributed by atoms with Gasteiger partial charge in [0.15, 0.2) is 5.16 Å². The molecule has 3 rings (SSSR count). The molecule has 0 saturated heterocycles. The lowest BCUT2D eigenvalue weighted by atomic mass is 10.2. The number of rotatable bonds is 7. The Labute approximate surface area is 161 Å². The van der Waals surface area contributed by atoms with Crippen LogP contribution in [0, 0.1) is 5.82 Å². The smallest absolute Gasteiger partial charge is 0.233 e. The molecular weight excluding hydrogens is 365 g/mol. The topological polar surface area (TPSA) is 67.0 Å². The van der Waals surface area contributed by atoms with Crippen molar-refractivity contribution in [2.45, 2.75) is 23.9 Å². The lowest BCUT2D eigenvalue weighted by Crippen LogP contribution is -2.30. The minimum absolute atomic E-state index is 0.0920. The monoisotopic (exact) mass is 385 g/mol. The number of halogens is 1. The summed E-state index contributed by atoms with van der Waals surface area (Å²) in [4.78, 5) is 19.8. The van der Waals surface area contributed by atoms with E-state index in [4.69, 9.17) is 4.74 Å². The van der Waals surface area contributed by atoms with Crippen LogP contribution in [-0.2, 0) is 11.3 Å². The number of amides is 1. The second-order valence-electron chi connectivity index (χ2n) is 5.90. The molecule has 0 aliphatic rings. The predicted molar refractivity (Wildman–Crippen MR) is 104 cm³/mol. The van der Waals surface area contributed by atoms with Crippen molar-refractivity contribution in [3.63, 3.8) is 0 Å². The first kappa shape index (κ1) is 19.0. The van der Waals surface area contributed by atoms with Crippen LogP contribution in [0.1, 0.15) is 12.5 Å². The Morgan fingerprint density at radius 1 is 1.26 bits per heavy atom. The Morgan fingerprint density at radius 2 is 2.00 bits per heavy atom. The Kier molecular flexibility index (Phi) is 6.13. The van der Waals surface area contributed by atoms with Crippen LogP contribution >= 0.6 is 11.8 Å². The molecule has 140 valence electrons. The highest BCUT2D eigenvalue weighted by Gasteiger charge is 2.17. The van der Waals surface area contributed by atoms with E-state index in [0.29, 0.717) is 11.7 Å². The zero-order valence-corrected chi connectivity index (χ0v) is 15.8. The van der Waals surface area contributed by atoms with E-state index in [-0.39, 0.29) is 17.0 Å². The summed E-state index contributed by atoms with van der Waals surface area (Å²) in [6.07, 6.45) is 1.68. The molecule has 0 aliphatic carbocycles. The van der Waals surface area contributed by atoms with Crippen molar-refractivity contribution in [1.29, 1.82) is 0 Å². The van der Waals surface area contributed by atoms with Crippen molar-refractivity contribution < 1.29 is 13.9 Å². The van der Waals surface area contributed by atoms with Gasteiger partial charge in [0.25, 0.3) is 0 Å². The maximum atomic E-state index is 13.0. The van der Waals surface area contributed by atoms with Crippen LogP contribution in [0.25, 0.3) is 11.3 Å². The number of hydrogen-bond donors (Lipinski definition) is 2. The van der Waals surface area contributed by atoms with Gasteiger partial charge in [0.05, 0.1) is 24.3 Å². The third-order valence-electron chi connectivity index (χ3n) is 4.01. The second-order valence-corrected chi connectivity index (χ2v) is 7.23. The number of carbonyl (C=O) groups is 1. The first-order chi connectivity index (χ1) is 13.1. The van der Waals surface area contributed by atoms with E-state index in [1.54, 1.807) is 25.4 Å². The molecule has 0 saturated carbocycles. The zero-order valence-electron chi connectivity index (χ0n) is 15.0. The molecule has 1 atom stereocenters. The first-order valence-electron chi connectivity index (χ1n) is 8.44.